The van der Waals surface area contributed by atoms with E-state index in [1.807, 2.05) is 19.1 Å². The van der Waals surface area contributed by atoms with Crippen molar-refractivity contribution in [2.24, 2.45) is 0 Å². The summed E-state index contributed by atoms with van der Waals surface area (Å²) < 4.78 is 34.7. The topological polar surface area (TPSA) is 26.3 Å². The number of carbonyl (C=O) groups is 1. The number of benzene rings is 2. The highest BCUT2D eigenvalue weighted by Crippen LogP contribution is 2.46. The van der Waals surface area contributed by atoms with Crippen molar-refractivity contribution in [2.75, 3.05) is 7.11 Å². The van der Waals surface area contributed by atoms with Crippen molar-refractivity contribution in [1.82, 2.24) is 0 Å². The number of rotatable bonds is 3. The fraction of sp³-hybridized carbons (Fsp3) is 0.348. The Bertz CT molecular complexity index is 969. The molecule has 27 heavy (non-hydrogen) atoms. The maximum Gasteiger partial charge on any atom is 0.166 e. The van der Waals surface area contributed by atoms with Crippen LogP contribution in [0.4, 0.5) is 8.78 Å². The van der Waals surface area contributed by atoms with Crippen LogP contribution in [-0.4, -0.2) is 13.4 Å². The molecule has 142 valence electrons. The van der Waals surface area contributed by atoms with Crippen molar-refractivity contribution < 1.29 is 18.3 Å². The molecule has 0 radical (unpaired) electrons. The third-order valence-electron chi connectivity index (χ3n) is 5.47. The van der Waals surface area contributed by atoms with E-state index in [0.717, 1.165) is 22.8 Å². The molecule has 0 fully saturated rings. The van der Waals surface area contributed by atoms with Crippen LogP contribution < -0.4 is 4.74 Å². The van der Waals surface area contributed by atoms with E-state index >= 15 is 4.39 Å². The molecule has 0 spiro atoms. The summed E-state index contributed by atoms with van der Waals surface area (Å²) in [6.07, 6.45) is 4.65. The quantitative estimate of drug-likeness (QED) is 0.498. The Morgan fingerprint density at radius 1 is 0.963 bits per heavy atom. The molecule has 0 N–H and O–H groups in total. The van der Waals surface area contributed by atoms with Crippen LogP contribution in [0.5, 0.6) is 5.75 Å². The third kappa shape index (κ3) is 2.97. The van der Waals surface area contributed by atoms with Gasteiger partial charge in [0.05, 0.1) is 18.2 Å². The minimum atomic E-state index is -0.769. The molecule has 0 saturated carbocycles. The van der Waals surface area contributed by atoms with E-state index in [0.29, 0.717) is 11.8 Å². The summed E-state index contributed by atoms with van der Waals surface area (Å²) >= 11 is 0. The molecular weight excluding hydrogens is 346 g/mol. The van der Waals surface area contributed by atoms with E-state index < -0.39 is 11.6 Å². The van der Waals surface area contributed by atoms with Gasteiger partial charge >= 0.3 is 0 Å². The van der Waals surface area contributed by atoms with Gasteiger partial charge in [0.25, 0.3) is 0 Å². The van der Waals surface area contributed by atoms with Gasteiger partial charge in [0.15, 0.2) is 17.9 Å². The Balaban J connectivity index is 2.40. The molecule has 0 aromatic heterocycles. The fourth-order valence-corrected chi connectivity index (χ4v) is 3.79. The molecule has 0 amide bonds. The Morgan fingerprint density at radius 2 is 1.52 bits per heavy atom. The molecule has 2 aromatic carbocycles. The van der Waals surface area contributed by atoms with Gasteiger partial charge in [0.1, 0.15) is 5.82 Å². The summed E-state index contributed by atoms with van der Waals surface area (Å²) in [7, 11) is 1.30. The molecule has 3 rings (SSSR count). The molecule has 0 bridgehead atoms. The smallest absolute Gasteiger partial charge is 0.166 e. The summed E-state index contributed by atoms with van der Waals surface area (Å²) in [5.74, 6) is -1.72. The maximum atomic E-state index is 15.1. The van der Waals surface area contributed by atoms with Gasteiger partial charge in [0.2, 0.25) is 0 Å². The number of aryl methyl sites for hydroxylation is 1. The van der Waals surface area contributed by atoms with Gasteiger partial charge in [-0.15, -0.1) is 0 Å². The first kappa shape index (κ1) is 19.3. The molecule has 0 heterocycles. The molecule has 2 aromatic rings. The lowest BCUT2D eigenvalue weighted by molar-refractivity contribution is 0.111. The molecule has 0 unspecified atom stereocenters. The van der Waals surface area contributed by atoms with Crippen molar-refractivity contribution >= 4 is 6.29 Å². The van der Waals surface area contributed by atoms with Crippen LogP contribution in [0.1, 0.15) is 54.7 Å². The van der Waals surface area contributed by atoms with Crippen LogP contribution in [0, 0.1) is 18.6 Å². The Morgan fingerprint density at radius 3 is 2.04 bits per heavy atom. The lowest BCUT2D eigenvalue weighted by atomic mass is 9.67. The average molecular weight is 370 g/mol. The minimum absolute atomic E-state index is 0.0111. The van der Waals surface area contributed by atoms with Crippen LogP contribution in [-0.2, 0) is 10.8 Å². The van der Waals surface area contributed by atoms with Gasteiger partial charge in [0, 0.05) is 10.8 Å². The van der Waals surface area contributed by atoms with E-state index in [1.54, 1.807) is 0 Å². The average Bonchev–Trinajstić information content (AvgIpc) is 2.60. The first-order chi connectivity index (χ1) is 12.5. The lowest BCUT2D eigenvalue weighted by Gasteiger charge is -2.37. The Hall–Kier alpha value is -2.49. The van der Waals surface area contributed by atoms with Crippen molar-refractivity contribution in [2.45, 2.75) is 45.4 Å². The highest BCUT2D eigenvalue weighted by atomic mass is 19.1. The highest BCUT2D eigenvalue weighted by molar-refractivity contribution is 5.84. The lowest BCUT2D eigenvalue weighted by Crippen LogP contribution is -2.29. The summed E-state index contributed by atoms with van der Waals surface area (Å²) in [6.45, 7) is 10.3. The van der Waals surface area contributed by atoms with Crippen LogP contribution in [0.25, 0.3) is 11.1 Å². The van der Waals surface area contributed by atoms with E-state index in [2.05, 4.69) is 39.8 Å². The largest absolute Gasteiger partial charge is 0.493 e. The summed E-state index contributed by atoms with van der Waals surface area (Å²) in [6, 6.07) is 4.80. The molecule has 1 aliphatic carbocycles. The predicted molar refractivity (Wildman–Crippen MR) is 104 cm³/mol. The number of allylic oxidation sites excluding steroid dienone is 2. The van der Waals surface area contributed by atoms with E-state index in [-0.39, 0.29) is 27.7 Å². The van der Waals surface area contributed by atoms with Gasteiger partial charge in [-0.2, -0.15) is 0 Å². The van der Waals surface area contributed by atoms with Gasteiger partial charge in [-0.25, -0.2) is 8.78 Å². The Kier molecular flexibility index (Phi) is 4.49. The molecule has 0 atom stereocenters. The van der Waals surface area contributed by atoms with Crippen LogP contribution in [0.2, 0.25) is 0 Å². The minimum Gasteiger partial charge on any atom is -0.493 e. The van der Waals surface area contributed by atoms with E-state index in [1.165, 1.54) is 7.11 Å². The number of halogens is 2. The molecule has 0 saturated heterocycles. The molecule has 4 heteroatoms. The molecular formula is C23H24F2O2. The number of aldehydes is 1. The van der Waals surface area contributed by atoms with Crippen LogP contribution >= 0.6 is 0 Å². The highest BCUT2D eigenvalue weighted by Gasteiger charge is 2.34. The standard InChI is InChI=1S/C23H24F2O2/c1-13-9-16-17(23(4,5)8-7-22(16,2)3)11-15(13)19-20(25)14(12-26)10-18(24)21(19)27-6/h7-12H,1-6H3. The zero-order valence-corrected chi connectivity index (χ0v) is 16.5. The van der Waals surface area contributed by atoms with Crippen molar-refractivity contribution in [3.05, 3.63) is 64.2 Å². The van der Waals surface area contributed by atoms with Crippen molar-refractivity contribution in [1.29, 1.82) is 0 Å². The van der Waals surface area contributed by atoms with Gasteiger partial charge in [-0.1, -0.05) is 45.9 Å². The van der Waals surface area contributed by atoms with Crippen LogP contribution in [0.15, 0.2) is 30.4 Å². The first-order valence-corrected chi connectivity index (χ1v) is 8.91. The molecule has 1 aliphatic rings. The SMILES string of the molecule is COc1c(F)cc(C=O)c(F)c1-c1cc2c(cc1C)C(C)(C)C=CC2(C)C. The second-order valence-corrected chi connectivity index (χ2v) is 8.28. The zero-order valence-electron chi connectivity index (χ0n) is 16.5. The summed E-state index contributed by atoms with van der Waals surface area (Å²) in [5.41, 5.74) is 2.79. The summed E-state index contributed by atoms with van der Waals surface area (Å²) in [5, 5.41) is 0. The number of hydrogen-bond donors (Lipinski definition) is 0. The third-order valence-corrected chi connectivity index (χ3v) is 5.47. The molecule has 2 nitrogen and oxygen atoms in total. The number of ether oxygens (including phenoxy) is 1. The molecule has 0 aliphatic heterocycles. The summed E-state index contributed by atoms with van der Waals surface area (Å²) in [4.78, 5) is 11.2. The maximum absolute atomic E-state index is 15.1. The van der Waals surface area contributed by atoms with Crippen LogP contribution in [0.3, 0.4) is 0 Å². The van der Waals surface area contributed by atoms with Crippen molar-refractivity contribution in [3.8, 4) is 16.9 Å². The van der Waals surface area contributed by atoms with Gasteiger partial charge in [-0.05, 0) is 41.3 Å². The number of fused-ring (bicyclic) bond motifs is 1. The first-order valence-electron chi connectivity index (χ1n) is 8.91. The van der Waals surface area contributed by atoms with E-state index in [4.69, 9.17) is 4.74 Å². The second-order valence-electron chi connectivity index (χ2n) is 8.28. The normalized spacial score (nSPS) is 16.7. The predicted octanol–water partition coefficient (Wildman–Crippen LogP) is 5.89. The fourth-order valence-electron chi connectivity index (χ4n) is 3.79. The number of methoxy groups -OCH3 is 1. The van der Waals surface area contributed by atoms with Gasteiger partial charge in [-0.3, -0.25) is 4.79 Å². The second kappa shape index (κ2) is 6.29. The number of carbonyl (C=O) groups excluding carboxylic acids is 1. The number of hydrogen-bond acceptors (Lipinski definition) is 2. The van der Waals surface area contributed by atoms with Gasteiger partial charge < -0.3 is 4.74 Å². The Labute approximate surface area is 158 Å². The zero-order chi connectivity index (χ0) is 20.1. The van der Waals surface area contributed by atoms with Crippen molar-refractivity contribution in [3.63, 3.8) is 0 Å². The van der Waals surface area contributed by atoms with E-state index in [9.17, 15) is 9.18 Å². The monoisotopic (exact) mass is 370 g/mol.